The van der Waals surface area contributed by atoms with Crippen LogP contribution in [-0.4, -0.2) is 27.6 Å². The van der Waals surface area contributed by atoms with Gasteiger partial charge in [0.25, 0.3) is 5.91 Å². The first-order valence-electron chi connectivity index (χ1n) is 12.6. The number of nitrogens with zero attached hydrogens (tertiary/aromatic N) is 2. The maximum Gasteiger partial charge on any atom is 0.273 e. The van der Waals surface area contributed by atoms with Crippen LogP contribution in [0.3, 0.4) is 0 Å². The van der Waals surface area contributed by atoms with Crippen LogP contribution < -0.4 is 10.6 Å². The number of para-hydroxylation sites is 1. The highest BCUT2D eigenvalue weighted by Crippen LogP contribution is 2.29. The molecule has 1 unspecified atom stereocenters. The van der Waals surface area contributed by atoms with Crippen molar-refractivity contribution >= 4 is 34.3 Å². The molecule has 2 N–H and O–H groups in total. The van der Waals surface area contributed by atoms with Crippen molar-refractivity contribution in [3.8, 4) is 0 Å². The Hall–Kier alpha value is -2.93. The molecule has 3 aromatic rings. The number of nitrogens with one attached hydrogen (secondary N) is 2. The van der Waals surface area contributed by atoms with Crippen LogP contribution in [0.25, 0.3) is 10.9 Å². The van der Waals surface area contributed by atoms with Gasteiger partial charge in [-0.05, 0) is 41.9 Å². The summed E-state index contributed by atoms with van der Waals surface area (Å²) in [6.45, 7) is 6.46. The molecule has 0 bridgehead atoms. The molecule has 0 aliphatic heterocycles. The lowest BCUT2D eigenvalue weighted by Gasteiger charge is -2.30. The van der Waals surface area contributed by atoms with E-state index in [1.54, 1.807) is 22.9 Å². The number of carbonyl (C=O) groups is 2. The average Bonchev–Trinajstić information content (AvgIpc) is 3.21. The van der Waals surface area contributed by atoms with Crippen LogP contribution in [0.15, 0.2) is 42.5 Å². The molecular weight excluding hydrogens is 479 g/mol. The molecule has 1 fully saturated rings. The molecule has 1 aliphatic rings. The molecule has 1 saturated carbocycles. The number of carbonyl (C=O) groups excluding carboxylic acids is 2. The summed E-state index contributed by atoms with van der Waals surface area (Å²) in [6.07, 6.45) is 5.71. The molecule has 8 heteroatoms. The number of rotatable bonds is 7. The minimum Gasteiger partial charge on any atom is -0.350 e. The normalized spacial score (nSPS) is 15.6. The van der Waals surface area contributed by atoms with Crippen molar-refractivity contribution < 1.29 is 14.0 Å². The van der Waals surface area contributed by atoms with Crippen LogP contribution in [0.1, 0.15) is 68.9 Å². The molecule has 192 valence electrons. The Morgan fingerprint density at radius 3 is 2.53 bits per heavy atom. The van der Waals surface area contributed by atoms with E-state index in [1.807, 2.05) is 39.0 Å². The zero-order valence-corrected chi connectivity index (χ0v) is 21.9. The van der Waals surface area contributed by atoms with Crippen LogP contribution in [0.5, 0.6) is 0 Å². The second-order valence-corrected chi connectivity index (χ2v) is 11.2. The first-order valence-corrected chi connectivity index (χ1v) is 13.0. The molecule has 2 aromatic carbocycles. The minimum absolute atomic E-state index is 0.133. The van der Waals surface area contributed by atoms with Gasteiger partial charge in [-0.2, -0.15) is 5.10 Å². The Morgan fingerprint density at radius 1 is 1.11 bits per heavy atom. The third-order valence-electron chi connectivity index (χ3n) is 6.91. The van der Waals surface area contributed by atoms with Crippen molar-refractivity contribution in [3.63, 3.8) is 0 Å². The highest BCUT2D eigenvalue weighted by atomic mass is 35.5. The predicted molar refractivity (Wildman–Crippen MR) is 140 cm³/mol. The second kappa shape index (κ2) is 11.0. The van der Waals surface area contributed by atoms with Gasteiger partial charge < -0.3 is 10.6 Å². The Bertz CT molecular complexity index is 1240. The number of hydrogen-bond donors (Lipinski definition) is 2. The molecule has 2 amide bonds. The van der Waals surface area contributed by atoms with E-state index in [9.17, 15) is 14.0 Å². The van der Waals surface area contributed by atoms with Gasteiger partial charge in [-0.3, -0.25) is 14.3 Å². The van der Waals surface area contributed by atoms with E-state index in [-0.39, 0.29) is 18.1 Å². The average molecular weight is 513 g/mol. The van der Waals surface area contributed by atoms with Crippen molar-refractivity contribution in [3.05, 3.63) is 64.6 Å². The zero-order chi connectivity index (χ0) is 25.9. The summed E-state index contributed by atoms with van der Waals surface area (Å²) in [5.74, 6) is -0.816. The van der Waals surface area contributed by atoms with Gasteiger partial charge in [-0.1, -0.05) is 82.0 Å². The number of amides is 2. The van der Waals surface area contributed by atoms with E-state index in [2.05, 4.69) is 15.7 Å². The van der Waals surface area contributed by atoms with Gasteiger partial charge >= 0.3 is 0 Å². The monoisotopic (exact) mass is 512 g/mol. The molecule has 1 aromatic heterocycles. The summed E-state index contributed by atoms with van der Waals surface area (Å²) in [7, 11) is 0. The van der Waals surface area contributed by atoms with E-state index >= 15 is 0 Å². The lowest BCUT2D eigenvalue weighted by atomic mass is 9.86. The molecule has 0 radical (unpaired) electrons. The Kier molecular flexibility index (Phi) is 7.98. The third kappa shape index (κ3) is 5.89. The van der Waals surface area contributed by atoms with Crippen molar-refractivity contribution in [1.29, 1.82) is 0 Å². The van der Waals surface area contributed by atoms with E-state index in [4.69, 9.17) is 11.6 Å². The minimum atomic E-state index is -0.834. The van der Waals surface area contributed by atoms with Gasteiger partial charge in [0.2, 0.25) is 5.91 Å². The van der Waals surface area contributed by atoms with Crippen molar-refractivity contribution in [1.82, 2.24) is 20.4 Å². The number of hydrogen-bond acceptors (Lipinski definition) is 3. The lowest BCUT2D eigenvalue weighted by molar-refractivity contribution is -0.125. The summed E-state index contributed by atoms with van der Waals surface area (Å²) < 4.78 is 16.5. The Morgan fingerprint density at radius 2 is 1.83 bits per heavy atom. The maximum atomic E-state index is 14.9. The second-order valence-electron chi connectivity index (χ2n) is 10.8. The van der Waals surface area contributed by atoms with Gasteiger partial charge in [-0.25, -0.2) is 4.39 Å². The van der Waals surface area contributed by atoms with Gasteiger partial charge in [0.1, 0.15) is 17.4 Å². The summed E-state index contributed by atoms with van der Waals surface area (Å²) in [4.78, 5) is 26.6. The molecular formula is C28H34ClFN4O2. The smallest absolute Gasteiger partial charge is 0.273 e. The van der Waals surface area contributed by atoms with E-state index < -0.39 is 23.2 Å². The Balaban J connectivity index is 1.57. The molecule has 6 nitrogen and oxygen atoms in total. The molecule has 1 heterocycles. The number of benzene rings is 2. The number of aromatic nitrogens is 2. The SMILES string of the molecule is CC(C)(C)C(NC(=O)c1nn(CC2CCCCC2)c2c(F)cccc12)C(=O)NCc1ccccc1Cl. The van der Waals surface area contributed by atoms with Crippen LogP contribution in [0.4, 0.5) is 4.39 Å². The fraction of sp³-hybridized carbons (Fsp3) is 0.464. The van der Waals surface area contributed by atoms with Crippen LogP contribution in [-0.2, 0) is 17.9 Å². The third-order valence-corrected chi connectivity index (χ3v) is 7.27. The summed E-state index contributed by atoms with van der Waals surface area (Å²) in [5, 5.41) is 11.3. The van der Waals surface area contributed by atoms with Crippen molar-refractivity contribution in [2.45, 2.75) is 72.0 Å². The predicted octanol–water partition coefficient (Wildman–Crippen LogP) is 5.87. The maximum absolute atomic E-state index is 14.9. The Labute approximate surface area is 216 Å². The van der Waals surface area contributed by atoms with E-state index in [0.717, 1.165) is 31.2 Å². The highest BCUT2D eigenvalue weighted by molar-refractivity contribution is 6.31. The van der Waals surface area contributed by atoms with Crippen LogP contribution in [0, 0.1) is 17.2 Å². The summed E-state index contributed by atoms with van der Waals surface area (Å²) >= 11 is 6.22. The zero-order valence-electron chi connectivity index (χ0n) is 21.1. The van der Waals surface area contributed by atoms with Gasteiger partial charge in [0.05, 0.1) is 0 Å². The van der Waals surface area contributed by atoms with Gasteiger partial charge in [-0.15, -0.1) is 0 Å². The fourth-order valence-electron chi connectivity index (χ4n) is 4.91. The topological polar surface area (TPSA) is 76.0 Å². The molecule has 36 heavy (non-hydrogen) atoms. The van der Waals surface area contributed by atoms with Crippen molar-refractivity contribution in [2.24, 2.45) is 11.3 Å². The van der Waals surface area contributed by atoms with Crippen LogP contribution >= 0.6 is 11.6 Å². The number of fused-ring (bicyclic) bond motifs is 1. The highest BCUT2D eigenvalue weighted by Gasteiger charge is 2.34. The molecule has 0 spiro atoms. The van der Waals surface area contributed by atoms with Crippen molar-refractivity contribution in [2.75, 3.05) is 0 Å². The molecule has 1 aliphatic carbocycles. The molecule has 0 saturated heterocycles. The van der Waals surface area contributed by atoms with E-state index in [1.165, 1.54) is 12.5 Å². The van der Waals surface area contributed by atoms with Crippen LogP contribution in [0.2, 0.25) is 5.02 Å². The number of halogens is 2. The van der Waals surface area contributed by atoms with E-state index in [0.29, 0.717) is 28.4 Å². The summed E-state index contributed by atoms with van der Waals surface area (Å²) in [6, 6.07) is 11.1. The first-order chi connectivity index (χ1) is 17.1. The quantitative estimate of drug-likeness (QED) is 0.415. The lowest BCUT2D eigenvalue weighted by Crippen LogP contribution is -2.53. The van der Waals surface area contributed by atoms with Gasteiger partial charge in [0, 0.05) is 23.5 Å². The largest absolute Gasteiger partial charge is 0.350 e. The first kappa shape index (κ1) is 26.1. The fourth-order valence-corrected chi connectivity index (χ4v) is 5.11. The van der Waals surface area contributed by atoms with Gasteiger partial charge in [0.15, 0.2) is 5.69 Å². The molecule has 4 rings (SSSR count). The standard InChI is InChI=1S/C28H34ClFN4O2/c1-28(2,3)25(27(36)31-16-19-12-7-8-14-21(19)29)32-26(35)23-20-13-9-15-22(30)24(20)34(33-23)17-18-10-5-4-6-11-18/h7-9,12-15,18,25H,4-6,10-11,16-17H2,1-3H3,(H,31,36)(H,32,35). The molecule has 1 atom stereocenters. The summed E-state index contributed by atoms with van der Waals surface area (Å²) in [5.41, 5.74) is 0.679.